The molecule has 6 nitrogen and oxygen atoms in total. The highest BCUT2D eigenvalue weighted by molar-refractivity contribution is 5.96. The molecule has 3 aromatic carbocycles. The van der Waals surface area contributed by atoms with Crippen molar-refractivity contribution in [3.05, 3.63) is 101 Å². The zero-order chi connectivity index (χ0) is 23.8. The number of para-hydroxylation sites is 1. The van der Waals surface area contributed by atoms with Crippen molar-refractivity contribution < 1.29 is 19.1 Å². The van der Waals surface area contributed by atoms with Crippen molar-refractivity contribution in [3.63, 3.8) is 0 Å². The third-order valence-electron chi connectivity index (χ3n) is 5.33. The van der Waals surface area contributed by atoms with E-state index in [1.165, 1.54) is 6.92 Å². The molecule has 0 unspecified atom stereocenters. The molecule has 3 aromatic rings. The first-order valence-corrected chi connectivity index (χ1v) is 10.8. The molecule has 0 saturated carbocycles. The first-order valence-electron chi connectivity index (χ1n) is 10.8. The number of benzene rings is 3. The second-order valence-electron chi connectivity index (χ2n) is 7.87. The Morgan fingerprint density at radius 1 is 0.788 bits per heavy atom. The van der Waals surface area contributed by atoms with Crippen molar-refractivity contribution in [2.75, 3.05) is 11.9 Å². The van der Waals surface area contributed by atoms with Crippen molar-refractivity contribution in [1.29, 1.82) is 0 Å². The van der Waals surface area contributed by atoms with Crippen LogP contribution in [0, 0.1) is 13.8 Å². The number of aryl methyl sites for hydroxylation is 2. The number of amides is 2. The number of rotatable bonds is 8. The van der Waals surface area contributed by atoms with Crippen molar-refractivity contribution in [2.45, 2.75) is 32.8 Å². The van der Waals surface area contributed by atoms with Crippen LogP contribution in [0.25, 0.3) is 0 Å². The predicted molar refractivity (Wildman–Crippen MR) is 128 cm³/mol. The second kappa shape index (κ2) is 11.1. The smallest absolute Gasteiger partial charge is 0.318 e. The van der Waals surface area contributed by atoms with Crippen LogP contribution in [0.15, 0.2) is 78.9 Å². The number of anilines is 1. The molecule has 0 aliphatic carbocycles. The van der Waals surface area contributed by atoms with E-state index in [-0.39, 0.29) is 12.5 Å². The van der Waals surface area contributed by atoms with E-state index in [4.69, 9.17) is 4.74 Å². The minimum absolute atomic E-state index is 0.227. The van der Waals surface area contributed by atoms with Crippen LogP contribution in [0.5, 0.6) is 0 Å². The minimum Gasteiger partial charge on any atom is -0.452 e. The Labute approximate surface area is 194 Å². The normalized spacial score (nSPS) is 11.5. The van der Waals surface area contributed by atoms with Gasteiger partial charge in [0.2, 0.25) is 5.91 Å². The Morgan fingerprint density at radius 2 is 1.30 bits per heavy atom. The zero-order valence-corrected chi connectivity index (χ0v) is 19.0. The summed E-state index contributed by atoms with van der Waals surface area (Å²) < 4.78 is 5.49. The van der Waals surface area contributed by atoms with Gasteiger partial charge in [-0.1, -0.05) is 78.9 Å². The average molecular weight is 445 g/mol. The monoisotopic (exact) mass is 444 g/mol. The van der Waals surface area contributed by atoms with Crippen LogP contribution in [-0.4, -0.2) is 30.4 Å². The molecule has 0 aliphatic rings. The molecule has 3 rings (SSSR count). The van der Waals surface area contributed by atoms with E-state index in [2.05, 4.69) is 10.6 Å². The highest BCUT2D eigenvalue weighted by atomic mass is 16.5. The van der Waals surface area contributed by atoms with Crippen molar-refractivity contribution >= 4 is 23.5 Å². The molecule has 1 atom stereocenters. The summed E-state index contributed by atoms with van der Waals surface area (Å²) in [6.45, 7) is 5.07. The van der Waals surface area contributed by atoms with Gasteiger partial charge in [-0.25, -0.2) is 0 Å². The van der Waals surface area contributed by atoms with Crippen LogP contribution in [0.1, 0.15) is 35.1 Å². The van der Waals surface area contributed by atoms with E-state index in [1.807, 2.05) is 92.7 Å². The molecule has 2 amide bonds. The van der Waals surface area contributed by atoms with Gasteiger partial charge in [-0.15, -0.1) is 0 Å². The number of hydrogen-bond donors (Lipinski definition) is 2. The lowest BCUT2D eigenvalue weighted by molar-refractivity contribution is -0.155. The molecule has 0 fully saturated rings. The van der Waals surface area contributed by atoms with Crippen molar-refractivity contribution in [1.82, 2.24) is 5.32 Å². The quantitative estimate of drug-likeness (QED) is 0.512. The van der Waals surface area contributed by atoms with E-state index < -0.39 is 23.9 Å². The predicted octanol–water partition coefficient (Wildman–Crippen LogP) is 4.12. The summed E-state index contributed by atoms with van der Waals surface area (Å²) >= 11 is 0. The van der Waals surface area contributed by atoms with Gasteiger partial charge in [-0.3, -0.25) is 14.4 Å². The van der Waals surface area contributed by atoms with Gasteiger partial charge in [0.25, 0.3) is 5.91 Å². The molecular weight excluding hydrogens is 416 g/mol. The molecule has 0 saturated heterocycles. The summed E-state index contributed by atoms with van der Waals surface area (Å²) in [6, 6.07) is 24.3. The van der Waals surface area contributed by atoms with Crippen LogP contribution in [0.3, 0.4) is 0 Å². The fourth-order valence-electron chi connectivity index (χ4n) is 3.56. The van der Waals surface area contributed by atoms with Crippen LogP contribution in [0.4, 0.5) is 5.69 Å². The Kier molecular flexibility index (Phi) is 7.97. The highest BCUT2D eigenvalue weighted by Crippen LogP contribution is 2.26. The third-order valence-corrected chi connectivity index (χ3v) is 5.33. The lowest BCUT2D eigenvalue weighted by Crippen LogP contribution is -2.40. The fraction of sp³-hybridized carbons (Fsp3) is 0.222. The summed E-state index contributed by atoms with van der Waals surface area (Å²) in [7, 11) is 0. The number of ether oxygens (including phenoxy) is 1. The maximum Gasteiger partial charge on any atom is 0.318 e. The Morgan fingerprint density at radius 3 is 1.82 bits per heavy atom. The largest absolute Gasteiger partial charge is 0.452 e. The first-order chi connectivity index (χ1) is 15.9. The van der Waals surface area contributed by atoms with Gasteiger partial charge in [0.05, 0.1) is 6.54 Å². The SMILES string of the molecule is Cc1cccc(C)c1NC(=O)CNC(=O)[C@@H](C)OC(=O)C(c1ccccc1)c1ccccc1. The van der Waals surface area contributed by atoms with Crippen LogP contribution < -0.4 is 10.6 Å². The number of esters is 1. The Bertz CT molecular complexity index is 1050. The lowest BCUT2D eigenvalue weighted by atomic mass is 9.91. The fourth-order valence-corrected chi connectivity index (χ4v) is 3.56. The molecule has 0 radical (unpaired) electrons. The number of nitrogens with one attached hydrogen (secondary N) is 2. The molecule has 0 aromatic heterocycles. The number of carbonyl (C=O) groups excluding carboxylic acids is 3. The third kappa shape index (κ3) is 6.29. The molecule has 6 heteroatoms. The van der Waals surface area contributed by atoms with Crippen LogP contribution >= 0.6 is 0 Å². The van der Waals surface area contributed by atoms with Crippen molar-refractivity contribution in [2.24, 2.45) is 0 Å². The molecule has 0 spiro atoms. The molecule has 33 heavy (non-hydrogen) atoms. The molecular formula is C27H28N2O4. The molecule has 0 aliphatic heterocycles. The maximum atomic E-state index is 13.0. The minimum atomic E-state index is -1.06. The summed E-state index contributed by atoms with van der Waals surface area (Å²) in [6.07, 6.45) is -1.06. The Balaban J connectivity index is 1.61. The summed E-state index contributed by atoms with van der Waals surface area (Å²) in [5.74, 6) is -2.09. The first kappa shape index (κ1) is 23.7. The van der Waals surface area contributed by atoms with Gasteiger partial charge in [0, 0.05) is 5.69 Å². The Hall–Kier alpha value is -3.93. The van der Waals surface area contributed by atoms with Gasteiger partial charge >= 0.3 is 5.97 Å². The molecule has 170 valence electrons. The van der Waals surface area contributed by atoms with Gasteiger partial charge < -0.3 is 15.4 Å². The number of carbonyl (C=O) groups is 3. The van der Waals surface area contributed by atoms with Gasteiger partial charge in [0.15, 0.2) is 6.10 Å². The number of hydrogen-bond acceptors (Lipinski definition) is 4. The topological polar surface area (TPSA) is 84.5 Å². The van der Waals surface area contributed by atoms with E-state index >= 15 is 0 Å². The lowest BCUT2D eigenvalue weighted by Gasteiger charge is -2.20. The van der Waals surface area contributed by atoms with E-state index in [0.29, 0.717) is 0 Å². The molecule has 0 bridgehead atoms. The maximum absolute atomic E-state index is 13.0. The summed E-state index contributed by atoms with van der Waals surface area (Å²) in [4.78, 5) is 37.8. The van der Waals surface area contributed by atoms with Crippen LogP contribution in [-0.2, 0) is 19.1 Å². The van der Waals surface area contributed by atoms with Crippen molar-refractivity contribution in [3.8, 4) is 0 Å². The highest BCUT2D eigenvalue weighted by Gasteiger charge is 2.28. The second-order valence-corrected chi connectivity index (χ2v) is 7.87. The van der Waals surface area contributed by atoms with E-state index in [9.17, 15) is 14.4 Å². The van der Waals surface area contributed by atoms with Gasteiger partial charge in [0.1, 0.15) is 5.92 Å². The summed E-state index contributed by atoms with van der Waals surface area (Å²) in [5.41, 5.74) is 4.14. The van der Waals surface area contributed by atoms with E-state index in [1.54, 1.807) is 0 Å². The molecule has 2 N–H and O–H groups in total. The molecule has 0 heterocycles. The average Bonchev–Trinajstić information content (AvgIpc) is 2.81. The summed E-state index contributed by atoms with van der Waals surface area (Å²) in [5, 5.41) is 5.35. The standard InChI is InChI=1S/C27H28N2O4/c1-18-11-10-12-19(2)25(18)29-23(30)17-28-26(31)20(3)33-27(32)24(21-13-6-4-7-14-21)22-15-8-5-9-16-22/h4-16,20,24H,17H2,1-3H3,(H,28,31)(H,29,30)/t20-/m1/s1. The zero-order valence-electron chi connectivity index (χ0n) is 19.0. The van der Waals surface area contributed by atoms with Crippen LogP contribution in [0.2, 0.25) is 0 Å². The van der Waals surface area contributed by atoms with Gasteiger partial charge in [-0.2, -0.15) is 0 Å². The van der Waals surface area contributed by atoms with E-state index in [0.717, 1.165) is 27.9 Å². The van der Waals surface area contributed by atoms with Gasteiger partial charge in [-0.05, 0) is 43.0 Å².